The third kappa shape index (κ3) is 4.86. The number of hydrogen-bond acceptors (Lipinski definition) is 1. The van der Waals surface area contributed by atoms with Gasteiger partial charge in [-0.05, 0) is 25.0 Å². The number of benzene rings is 1. The van der Waals surface area contributed by atoms with E-state index in [0.29, 0.717) is 22.2 Å². The van der Waals surface area contributed by atoms with Gasteiger partial charge in [-0.25, -0.2) is 0 Å². The van der Waals surface area contributed by atoms with Crippen molar-refractivity contribution >= 4 is 45.0 Å². The van der Waals surface area contributed by atoms with Crippen LogP contribution in [0, 0.1) is 0 Å². The van der Waals surface area contributed by atoms with Crippen molar-refractivity contribution in [2.75, 3.05) is 11.9 Å². The van der Waals surface area contributed by atoms with Crippen LogP contribution in [0.25, 0.3) is 0 Å². The lowest BCUT2D eigenvalue weighted by Gasteiger charge is -2.07. The van der Waals surface area contributed by atoms with Gasteiger partial charge < -0.3 is 5.32 Å². The molecular weight excluding hydrogens is 325 g/mol. The Balaban J connectivity index is 2.47. The van der Waals surface area contributed by atoms with E-state index in [-0.39, 0.29) is 5.91 Å². The first kappa shape index (κ1) is 14.8. The maximum atomic E-state index is 11.8. The minimum Gasteiger partial charge on any atom is -0.352 e. The van der Waals surface area contributed by atoms with E-state index in [0.717, 1.165) is 24.6 Å². The molecule has 0 aromatic heterocycles. The quantitative estimate of drug-likeness (QED) is 0.608. The summed E-state index contributed by atoms with van der Waals surface area (Å²) in [5, 5.41) is 4.58. The molecule has 1 aromatic carbocycles. The number of carbonyl (C=O) groups is 1. The number of unbranched alkanes of at least 4 members (excludes halogenated alkanes) is 2. The summed E-state index contributed by atoms with van der Waals surface area (Å²) in [6, 6.07) is 5.04. The van der Waals surface area contributed by atoms with Gasteiger partial charge in [0.05, 0.1) is 15.6 Å². The van der Waals surface area contributed by atoms with Crippen LogP contribution < -0.4 is 5.32 Å². The fraction of sp³-hybridized carbons (Fsp3) is 0.417. The van der Waals surface area contributed by atoms with Crippen LogP contribution in [0.2, 0.25) is 10.0 Å². The van der Waals surface area contributed by atoms with E-state index in [1.165, 1.54) is 0 Å². The number of rotatable bonds is 6. The lowest BCUT2D eigenvalue weighted by atomic mass is 10.2. The molecule has 1 aromatic rings. The van der Waals surface area contributed by atoms with Gasteiger partial charge in [0.15, 0.2) is 0 Å². The van der Waals surface area contributed by atoms with Gasteiger partial charge in [0.25, 0.3) is 5.91 Å². The Labute approximate surface area is 120 Å². The fourth-order valence-corrected chi connectivity index (χ4v) is 2.37. The van der Waals surface area contributed by atoms with Crippen molar-refractivity contribution in [2.45, 2.75) is 19.3 Å². The molecule has 94 valence electrons. The van der Waals surface area contributed by atoms with Gasteiger partial charge in [-0.1, -0.05) is 51.6 Å². The zero-order valence-corrected chi connectivity index (χ0v) is 12.4. The van der Waals surface area contributed by atoms with Crippen LogP contribution in [-0.4, -0.2) is 17.8 Å². The third-order valence-corrected chi connectivity index (χ3v) is 3.48. The Morgan fingerprint density at radius 1 is 1.18 bits per heavy atom. The highest BCUT2D eigenvalue weighted by atomic mass is 79.9. The molecule has 0 aliphatic rings. The van der Waals surface area contributed by atoms with Crippen molar-refractivity contribution in [1.82, 2.24) is 5.32 Å². The minimum atomic E-state index is -0.209. The molecule has 0 fully saturated rings. The summed E-state index contributed by atoms with van der Waals surface area (Å²) < 4.78 is 0. The molecule has 0 aliphatic heterocycles. The highest BCUT2D eigenvalue weighted by Gasteiger charge is 2.13. The first-order valence-corrected chi connectivity index (χ1v) is 7.32. The Bertz CT molecular complexity index is 365. The molecule has 0 heterocycles. The van der Waals surface area contributed by atoms with Gasteiger partial charge in [-0.15, -0.1) is 0 Å². The van der Waals surface area contributed by atoms with Crippen molar-refractivity contribution in [1.29, 1.82) is 0 Å². The van der Waals surface area contributed by atoms with E-state index < -0.39 is 0 Å². The molecule has 0 saturated heterocycles. The van der Waals surface area contributed by atoms with E-state index in [9.17, 15) is 4.79 Å². The number of carbonyl (C=O) groups excluding carboxylic acids is 1. The lowest BCUT2D eigenvalue weighted by molar-refractivity contribution is 0.0953. The van der Waals surface area contributed by atoms with Crippen molar-refractivity contribution in [3.8, 4) is 0 Å². The summed E-state index contributed by atoms with van der Waals surface area (Å²) in [5.74, 6) is -0.209. The fourth-order valence-electron chi connectivity index (χ4n) is 1.40. The molecule has 0 bridgehead atoms. The molecule has 0 unspecified atom stereocenters. The second-order valence-electron chi connectivity index (χ2n) is 3.60. The van der Waals surface area contributed by atoms with E-state index in [2.05, 4.69) is 21.2 Å². The summed E-state index contributed by atoms with van der Waals surface area (Å²) in [7, 11) is 0. The largest absolute Gasteiger partial charge is 0.352 e. The van der Waals surface area contributed by atoms with Crippen LogP contribution in [0.4, 0.5) is 0 Å². The molecule has 1 amide bonds. The zero-order valence-electron chi connectivity index (χ0n) is 9.31. The molecule has 1 rings (SSSR count). The number of halogens is 3. The standard InChI is InChI=1S/C12H14BrCl2NO/c13-7-2-1-3-8-16-12(17)11-9(14)5-4-6-10(11)15/h4-6H,1-3,7-8H2,(H,16,17). The van der Waals surface area contributed by atoms with Gasteiger partial charge in [-0.2, -0.15) is 0 Å². The number of amides is 1. The van der Waals surface area contributed by atoms with Crippen LogP contribution in [0.1, 0.15) is 29.6 Å². The molecule has 17 heavy (non-hydrogen) atoms. The second kappa shape index (κ2) is 7.96. The normalized spacial score (nSPS) is 10.3. The van der Waals surface area contributed by atoms with Gasteiger partial charge in [0.1, 0.15) is 0 Å². The third-order valence-electron chi connectivity index (χ3n) is 2.29. The monoisotopic (exact) mass is 337 g/mol. The number of alkyl halides is 1. The summed E-state index contributed by atoms with van der Waals surface area (Å²) in [6.45, 7) is 0.646. The zero-order chi connectivity index (χ0) is 12.7. The molecule has 5 heteroatoms. The van der Waals surface area contributed by atoms with E-state index in [4.69, 9.17) is 23.2 Å². The van der Waals surface area contributed by atoms with Crippen LogP contribution in [-0.2, 0) is 0 Å². The average molecular weight is 339 g/mol. The van der Waals surface area contributed by atoms with Gasteiger partial charge in [0.2, 0.25) is 0 Å². The predicted molar refractivity (Wildman–Crippen MR) is 76.4 cm³/mol. The molecular formula is C12H14BrCl2NO. The molecule has 0 atom stereocenters. The predicted octanol–water partition coefficient (Wildman–Crippen LogP) is 4.29. The van der Waals surface area contributed by atoms with E-state index in [1.54, 1.807) is 18.2 Å². The summed E-state index contributed by atoms with van der Waals surface area (Å²) in [6.07, 6.45) is 3.16. The lowest BCUT2D eigenvalue weighted by Crippen LogP contribution is -2.25. The van der Waals surface area contributed by atoms with Crippen molar-refractivity contribution < 1.29 is 4.79 Å². The van der Waals surface area contributed by atoms with Gasteiger partial charge >= 0.3 is 0 Å². The van der Waals surface area contributed by atoms with Crippen LogP contribution in [0.3, 0.4) is 0 Å². The first-order valence-electron chi connectivity index (χ1n) is 5.45. The maximum absolute atomic E-state index is 11.8. The molecule has 0 radical (unpaired) electrons. The van der Waals surface area contributed by atoms with Gasteiger partial charge in [0, 0.05) is 11.9 Å². The maximum Gasteiger partial charge on any atom is 0.254 e. The summed E-state index contributed by atoms with van der Waals surface area (Å²) >= 11 is 15.2. The van der Waals surface area contributed by atoms with Crippen molar-refractivity contribution in [2.24, 2.45) is 0 Å². The van der Waals surface area contributed by atoms with Crippen molar-refractivity contribution in [3.05, 3.63) is 33.8 Å². The summed E-state index contributed by atoms with van der Waals surface area (Å²) in [5.41, 5.74) is 0.358. The Kier molecular flexibility index (Phi) is 6.93. The van der Waals surface area contributed by atoms with Crippen LogP contribution >= 0.6 is 39.1 Å². The number of hydrogen-bond donors (Lipinski definition) is 1. The topological polar surface area (TPSA) is 29.1 Å². The van der Waals surface area contributed by atoms with E-state index >= 15 is 0 Å². The molecule has 0 aliphatic carbocycles. The Morgan fingerprint density at radius 3 is 2.41 bits per heavy atom. The molecule has 0 saturated carbocycles. The summed E-state index contributed by atoms with van der Waals surface area (Å²) in [4.78, 5) is 11.8. The highest BCUT2D eigenvalue weighted by molar-refractivity contribution is 9.09. The van der Waals surface area contributed by atoms with E-state index in [1.807, 2.05) is 0 Å². The molecule has 2 nitrogen and oxygen atoms in total. The average Bonchev–Trinajstić information content (AvgIpc) is 2.28. The molecule has 0 spiro atoms. The minimum absolute atomic E-state index is 0.209. The van der Waals surface area contributed by atoms with Crippen LogP contribution in [0.5, 0.6) is 0 Å². The Hall–Kier alpha value is -0.250. The Morgan fingerprint density at radius 2 is 1.82 bits per heavy atom. The van der Waals surface area contributed by atoms with Crippen LogP contribution in [0.15, 0.2) is 18.2 Å². The SMILES string of the molecule is O=C(NCCCCCBr)c1c(Cl)cccc1Cl. The highest BCUT2D eigenvalue weighted by Crippen LogP contribution is 2.23. The molecule has 1 N–H and O–H groups in total. The van der Waals surface area contributed by atoms with Gasteiger partial charge in [-0.3, -0.25) is 4.79 Å². The number of nitrogens with one attached hydrogen (secondary N) is 1. The second-order valence-corrected chi connectivity index (χ2v) is 5.21. The smallest absolute Gasteiger partial charge is 0.254 e. The van der Waals surface area contributed by atoms with Crippen molar-refractivity contribution in [3.63, 3.8) is 0 Å². The first-order chi connectivity index (χ1) is 8.16.